The molecular weight excluding hydrogens is 310 g/mol. The molecule has 23 heavy (non-hydrogen) atoms. The zero-order valence-electron chi connectivity index (χ0n) is 12.7. The number of rotatable bonds is 3. The summed E-state index contributed by atoms with van der Waals surface area (Å²) in [5.41, 5.74) is -0.435. The number of hydrogen-bond donors (Lipinski definition) is 3. The quantitative estimate of drug-likeness (QED) is 0.731. The molecule has 0 spiro atoms. The Kier molecular flexibility index (Phi) is 4.96. The van der Waals surface area contributed by atoms with E-state index in [1.165, 1.54) is 0 Å². The summed E-state index contributed by atoms with van der Waals surface area (Å²) in [6.07, 6.45) is -2.81. The Morgan fingerprint density at radius 3 is 2.52 bits per heavy atom. The number of carbonyl (C=O) groups excluding carboxylic acids is 2. The van der Waals surface area contributed by atoms with Gasteiger partial charge in [0.15, 0.2) is 0 Å². The number of nitrogens with zero attached hydrogens (tertiary/aromatic N) is 1. The smallest absolute Gasteiger partial charge is 0.257 e. The standard InChI is InChI=1S/C15H18F2N2O4/c1-7(2)18-14(22)12-13(21)11(20)6-19(12)15(23)9-4-3-8(16)5-10(9)17/h3-5,7,11-13,20-21H,6H2,1-2H3,(H,18,22)/t11-,12-,13-/m0/s1. The van der Waals surface area contributed by atoms with Crippen molar-refractivity contribution in [2.75, 3.05) is 6.54 Å². The van der Waals surface area contributed by atoms with Crippen molar-refractivity contribution in [1.29, 1.82) is 0 Å². The lowest BCUT2D eigenvalue weighted by Crippen LogP contribution is -2.52. The molecule has 1 aromatic rings. The Hall–Kier alpha value is -2.06. The van der Waals surface area contributed by atoms with Crippen molar-refractivity contribution in [1.82, 2.24) is 10.2 Å². The number of amides is 2. The van der Waals surface area contributed by atoms with E-state index in [4.69, 9.17) is 0 Å². The molecule has 1 fully saturated rings. The van der Waals surface area contributed by atoms with Crippen LogP contribution in [0, 0.1) is 11.6 Å². The predicted octanol–water partition coefficient (Wildman–Crippen LogP) is 0.0356. The molecular formula is C15H18F2N2O4. The van der Waals surface area contributed by atoms with Gasteiger partial charge < -0.3 is 20.4 Å². The van der Waals surface area contributed by atoms with Gasteiger partial charge in [-0.2, -0.15) is 0 Å². The molecule has 8 heteroatoms. The first-order chi connectivity index (χ1) is 10.7. The Morgan fingerprint density at radius 1 is 1.30 bits per heavy atom. The predicted molar refractivity (Wildman–Crippen MR) is 76.5 cm³/mol. The fourth-order valence-electron chi connectivity index (χ4n) is 2.51. The minimum absolute atomic E-state index is 0.244. The molecule has 1 aliphatic heterocycles. The van der Waals surface area contributed by atoms with Crippen LogP contribution in [0.4, 0.5) is 8.78 Å². The zero-order valence-corrected chi connectivity index (χ0v) is 12.7. The lowest BCUT2D eigenvalue weighted by molar-refractivity contribution is -0.128. The van der Waals surface area contributed by atoms with Crippen molar-refractivity contribution in [2.24, 2.45) is 0 Å². The summed E-state index contributed by atoms with van der Waals surface area (Å²) in [4.78, 5) is 25.5. The zero-order chi connectivity index (χ0) is 17.3. The van der Waals surface area contributed by atoms with Crippen molar-refractivity contribution >= 4 is 11.8 Å². The van der Waals surface area contributed by atoms with Gasteiger partial charge in [-0.25, -0.2) is 8.78 Å². The third-order valence-corrected chi connectivity index (χ3v) is 3.56. The van der Waals surface area contributed by atoms with E-state index in [9.17, 15) is 28.6 Å². The number of β-amino-alcohol motifs (C(OH)–C–C–N with tert-alkyl or cyclic N) is 1. The second kappa shape index (κ2) is 6.59. The van der Waals surface area contributed by atoms with Crippen LogP contribution in [0.5, 0.6) is 0 Å². The highest BCUT2D eigenvalue weighted by Gasteiger charge is 2.47. The van der Waals surface area contributed by atoms with E-state index in [0.29, 0.717) is 6.07 Å². The Bertz CT molecular complexity index is 623. The molecule has 6 nitrogen and oxygen atoms in total. The summed E-state index contributed by atoms with van der Waals surface area (Å²) in [6, 6.07) is 0.847. The van der Waals surface area contributed by atoms with Crippen LogP contribution in [0.3, 0.4) is 0 Å². The number of aliphatic hydroxyl groups excluding tert-OH is 2. The monoisotopic (exact) mass is 328 g/mol. The molecule has 1 saturated heterocycles. The normalized spacial score (nSPS) is 24.1. The second-order valence-electron chi connectivity index (χ2n) is 5.75. The van der Waals surface area contributed by atoms with Crippen LogP contribution in [-0.4, -0.2) is 57.8 Å². The van der Waals surface area contributed by atoms with Gasteiger partial charge in [-0.1, -0.05) is 0 Å². The van der Waals surface area contributed by atoms with Crippen LogP contribution in [0.2, 0.25) is 0 Å². The van der Waals surface area contributed by atoms with Crippen molar-refractivity contribution in [3.63, 3.8) is 0 Å². The highest BCUT2D eigenvalue weighted by Crippen LogP contribution is 2.23. The van der Waals surface area contributed by atoms with E-state index >= 15 is 0 Å². The van der Waals surface area contributed by atoms with Gasteiger partial charge in [0.2, 0.25) is 5.91 Å². The highest BCUT2D eigenvalue weighted by atomic mass is 19.1. The summed E-state index contributed by atoms with van der Waals surface area (Å²) in [5.74, 6) is -3.47. The lowest BCUT2D eigenvalue weighted by Gasteiger charge is -2.26. The molecule has 3 N–H and O–H groups in total. The molecule has 0 unspecified atom stereocenters. The van der Waals surface area contributed by atoms with Gasteiger partial charge in [0, 0.05) is 12.1 Å². The van der Waals surface area contributed by atoms with Crippen LogP contribution < -0.4 is 5.32 Å². The molecule has 126 valence electrons. The summed E-state index contributed by atoms with van der Waals surface area (Å²) in [5, 5.41) is 22.3. The van der Waals surface area contributed by atoms with E-state index in [1.807, 2.05) is 0 Å². The van der Waals surface area contributed by atoms with E-state index in [-0.39, 0.29) is 12.6 Å². The van der Waals surface area contributed by atoms with Gasteiger partial charge in [0.1, 0.15) is 29.9 Å². The number of halogens is 2. The van der Waals surface area contributed by atoms with Crippen LogP contribution in [0.15, 0.2) is 18.2 Å². The third kappa shape index (κ3) is 3.48. The van der Waals surface area contributed by atoms with E-state index in [2.05, 4.69) is 5.32 Å². The van der Waals surface area contributed by atoms with Gasteiger partial charge in [0.25, 0.3) is 5.91 Å². The van der Waals surface area contributed by atoms with Crippen LogP contribution in [-0.2, 0) is 4.79 Å². The molecule has 1 aliphatic rings. The minimum Gasteiger partial charge on any atom is -0.388 e. The van der Waals surface area contributed by atoms with Gasteiger partial charge in [-0.15, -0.1) is 0 Å². The van der Waals surface area contributed by atoms with E-state index < -0.39 is 47.3 Å². The van der Waals surface area contributed by atoms with Crippen LogP contribution in [0.1, 0.15) is 24.2 Å². The topological polar surface area (TPSA) is 89.9 Å². The molecule has 3 atom stereocenters. The number of carbonyl (C=O) groups is 2. The maximum absolute atomic E-state index is 13.8. The van der Waals surface area contributed by atoms with Gasteiger partial charge in [-0.05, 0) is 26.0 Å². The maximum atomic E-state index is 13.8. The largest absolute Gasteiger partial charge is 0.388 e. The fourth-order valence-corrected chi connectivity index (χ4v) is 2.51. The molecule has 0 radical (unpaired) electrons. The van der Waals surface area contributed by atoms with Crippen molar-refractivity contribution < 1.29 is 28.6 Å². The molecule has 0 aliphatic carbocycles. The molecule has 0 saturated carbocycles. The Morgan fingerprint density at radius 2 is 1.96 bits per heavy atom. The molecule has 2 rings (SSSR count). The average Bonchev–Trinajstić information content (AvgIpc) is 2.73. The number of aliphatic hydroxyl groups is 2. The van der Waals surface area contributed by atoms with Crippen LogP contribution >= 0.6 is 0 Å². The minimum atomic E-state index is -1.48. The van der Waals surface area contributed by atoms with Gasteiger partial charge in [0.05, 0.1) is 12.1 Å². The first kappa shape index (κ1) is 17.3. The summed E-state index contributed by atoms with van der Waals surface area (Å²) < 4.78 is 26.7. The second-order valence-corrected chi connectivity index (χ2v) is 5.75. The number of likely N-dealkylation sites (tertiary alicyclic amines) is 1. The number of hydrogen-bond acceptors (Lipinski definition) is 4. The van der Waals surface area contributed by atoms with Gasteiger partial charge >= 0.3 is 0 Å². The number of benzene rings is 1. The lowest BCUT2D eigenvalue weighted by atomic mass is 10.1. The molecule has 0 aromatic heterocycles. The van der Waals surface area contributed by atoms with E-state index in [1.54, 1.807) is 13.8 Å². The molecule has 1 heterocycles. The van der Waals surface area contributed by atoms with E-state index in [0.717, 1.165) is 17.0 Å². The summed E-state index contributed by atoms with van der Waals surface area (Å²) in [7, 11) is 0. The van der Waals surface area contributed by atoms with Crippen molar-refractivity contribution in [3.05, 3.63) is 35.4 Å². The highest BCUT2D eigenvalue weighted by molar-refractivity contribution is 5.98. The molecule has 0 bridgehead atoms. The van der Waals surface area contributed by atoms with Crippen molar-refractivity contribution in [2.45, 2.75) is 38.1 Å². The first-order valence-electron chi connectivity index (χ1n) is 7.15. The van der Waals surface area contributed by atoms with Crippen molar-refractivity contribution in [3.8, 4) is 0 Å². The Labute approximate surface area is 131 Å². The average molecular weight is 328 g/mol. The fraction of sp³-hybridized carbons (Fsp3) is 0.467. The molecule has 2 amide bonds. The first-order valence-corrected chi connectivity index (χ1v) is 7.15. The Balaban J connectivity index is 2.31. The maximum Gasteiger partial charge on any atom is 0.257 e. The SMILES string of the molecule is CC(C)NC(=O)[C@@H]1[C@@H](O)[C@@H](O)CN1C(=O)c1ccc(F)cc1F. The summed E-state index contributed by atoms with van der Waals surface area (Å²) >= 11 is 0. The van der Waals surface area contributed by atoms with Gasteiger partial charge in [-0.3, -0.25) is 9.59 Å². The third-order valence-electron chi connectivity index (χ3n) is 3.56. The summed E-state index contributed by atoms with van der Waals surface area (Å²) in [6.45, 7) is 3.07. The molecule has 1 aromatic carbocycles. The van der Waals surface area contributed by atoms with Crippen LogP contribution in [0.25, 0.3) is 0 Å². The number of nitrogens with one attached hydrogen (secondary N) is 1.